The van der Waals surface area contributed by atoms with Crippen LogP contribution in [0.5, 0.6) is 0 Å². The van der Waals surface area contributed by atoms with E-state index in [4.69, 9.17) is 11.6 Å². The van der Waals surface area contributed by atoms with Gasteiger partial charge in [-0.1, -0.05) is 44.5 Å². The van der Waals surface area contributed by atoms with Gasteiger partial charge in [0.2, 0.25) is 0 Å². The summed E-state index contributed by atoms with van der Waals surface area (Å²) in [5.74, 6) is 0. The van der Waals surface area contributed by atoms with Crippen molar-refractivity contribution >= 4 is 22.5 Å². The molecule has 3 nitrogen and oxygen atoms in total. The second-order valence-corrected chi connectivity index (χ2v) is 6.35. The number of rotatable bonds is 1. The Morgan fingerprint density at radius 3 is 2.60 bits per heavy atom. The molecule has 102 valence electrons. The van der Waals surface area contributed by atoms with Crippen LogP contribution in [0.3, 0.4) is 0 Å². The number of aromatic amines is 1. The molecule has 1 N–H and O–H groups in total. The smallest absolute Gasteiger partial charge is 0.130 e. The fourth-order valence-electron chi connectivity index (χ4n) is 2.30. The van der Waals surface area contributed by atoms with Crippen LogP contribution in [0, 0.1) is 0 Å². The molecule has 2 heterocycles. The van der Waals surface area contributed by atoms with Gasteiger partial charge < -0.3 is 0 Å². The van der Waals surface area contributed by atoms with E-state index in [0.717, 1.165) is 22.0 Å². The number of nitrogens with one attached hydrogen (secondary N) is 1. The van der Waals surface area contributed by atoms with Crippen LogP contribution in [0.4, 0.5) is 0 Å². The number of H-pyrrole nitrogens is 1. The molecule has 0 saturated carbocycles. The molecule has 20 heavy (non-hydrogen) atoms. The summed E-state index contributed by atoms with van der Waals surface area (Å²) in [4.78, 5) is 4.46. The fourth-order valence-corrected chi connectivity index (χ4v) is 2.50. The second-order valence-electron chi connectivity index (χ2n) is 5.96. The van der Waals surface area contributed by atoms with Crippen LogP contribution in [-0.4, -0.2) is 15.2 Å². The molecule has 3 rings (SSSR count). The highest BCUT2D eigenvalue weighted by Gasteiger charge is 2.16. The van der Waals surface area contributed by atoms with Crippen LogP contribution < -0.4 is 0 Å². The maximum atomic E-state index is 6.17. The van der Waals surface area contributed by atoms with Gasteiger partial charge in [-0.25, -0.2) is 4.98 Å². The van der Waals surface area contributed by atoms with E-state index in [1.807, 2.05) is 12.3 Å². The molecular weight excluding hydrogens is 270 g/mol. The van der Waals surface area contributed by atoms with Gasteiger partial charge >= 0.3 is 0 Å². The van der Waals surface area contributed by atoms with Gasteiger partial charge in [0.25, 0.3) is 0 Å². The van der Waals surface area contributed by atoms with E-state index in [2.05, 4.69) is 54.2 Å². The summed E-state index contributed by atoms with van der Waals surface area (Å²) >= 11 is 6.17. The molecule has 0 amide bonds. The molecule has 0 fully saturated rings. The molecular formula is C16H16ClN3. The number of benzene rings is 1. The molecule has 3 aromatic rings. The highest BCUT2D eigenvalue weighted by atomic mass is 35.5. The summed E-state index contributed by atoms with van der Waals surface area (Å²) in [6.07, 6.45) is 3.66. The number of hydrogen-bond donors (Lipinski definition) is 1. The topological polar surface area (TPSA) is 41.6 Å². The van der Waals surface area contributed by atoms with Gasteiger partial charge in [0, 0.05) is 17.1 Å². The lowest BCUT2D eigenvalue weighted by Crippen LogP contribution is -2.10. The van der Waals surface area contributed by atoms with Crippen molar-refractivity contribution in [3.63, 3.8) is 0 Å². The van der Waals surface area contributed by atoms with Gasteiger partial charge in [0.05, 0.1) is 11.7 Å². The van der Waals surface area contributed by atoms with Crippen LogP contribution in [0.15, 0.2) is 36.7 Å². The third kappa shape index (κ3) is 2.29. The average Bonchev–Trinajstić information content (AvgIpc) is 2.89. The maximum Gasteiger partial charge on any atom is 0.130 e. The van der Waals surface area contributed by atoms with Crippen molar-refractivity contribution in [1.29, 1.82) is 0 Å². The Balaban J connectivity index is 2.28. The van der Waals surface area contributed by atoms with Gasteiger partial charge in [-0.05, 0) is 28.7 Å². The summed E-state index contributed by atoms with van der Waals surface area (Å²) in [6, 6.07) is 8.26. The Hall–Kier alpha value is -1.87. The Bertz CT molecular complexity index is 755. The highest BCUT2D eigenvalue weighted by Crippen LogP contribution is 2.32. The summed E-state index contributed by atoms with van der Waals surface area (Å²) in [6.45, 7) is 6.57. The first-order valence-electron chi connectivity index (χ1n) is 6.55. The van der Waals surface area contributed by atoms with E-state index in [9.17, 15) is 0 Å². The van der Waals surface area contributed by atoms with Crippen LogP contribution >= 0.6 is 11.6 Å². The Kier molecular flexibility index (Phi) is 3.02. The first-order chi connectivity index (χ1) is 9.45. The monoisotopic (exact) mass is 285 g/mol. The van der Waals surface area contributed by atoms with E-state index in [-0.39, 0.29) is 5.41 Å². The summed E-state index contributed by atoms with van der Waals surface area (Å²) < 4.78 is 0. The second kappa shape index (κ2) is 4.60. The van der Waals surface area contributed by atoms with E-state index in [1.165, 1.54) is 5.56 Å². The minimum Gasteiger partial charge on any atom is -0.285 e. The normalized spacial score (nSPS) is 12.0. The van der Waals surface area contributed by atoms with E-state index >= 15 is 0 Å². The van der Waals surface area contributed by atoms with Gasteiger partial charge in [-0.15, -0.1) is 0 Å². The van der Waals surface area contributed by atoms with Crippen LogP contribution in [0.2, 0.25) is 5.15 Å². The van der Waals surface area contributed by atoms with Crippen molar-refractivity contribution in [3.05, 3.63) is 47.4 Å². The summed E-state index contributed by atoms with van der Waals surface area (Å²) in [5.41, 5.74) is 4.32. The van der Waals surface area contributed by atoms with Crippen LogP contribution in [0.1, 0.15) is 26.3 Å². The van der Waals surface area contributed by atoms with Crippen molar-refractivity contribution < 1.29 is 0 Å². The minimum atomic E-state index is 0.0913. The third-order valence-electron chi connectivity index (χ3n) is 3.45. The first-order valence-corrected chi connectivity index (χ1v) is 6.93. The molecule has 0 aliphatic rings. The number of fused-ring (bicyclic) bond motifs is 1. The minimum absolute atomic E-state index is 0.0913. The van der Waals surface area contributed by atoms with Gasteiger partial charge in [0.1, 0.15) is 5.15 Å². The van der Waals surface area contributed by atoms with Gasteiger partial charge in [0.15, 0.2) is 0 Å². The lowest BCUT2D eigenvalue weighted by molar-refractivity contribution is 0.591. The molecule has 4 heteroatoms. The number of nitrogens with zero attached hydrogens (tertiary/aromatic N) is 2. The zero-order valence-electron chi connectivity index (χ0n) is 11.7. The molecule has 0 aliphatic heterocycles. The first kappa shape index (κ1) is 13.1. The Labute approximate surface area is 123 Å². The van der Waals surface area contributed by atoms with E-state index in [1.54, 1.807) is 6.20 Å². The standard InChI is InChI=1S/C16H16ClN3/c1-16(2,3)11-4-5-12-13(10-8-18-19-9-10)7-15(17)20-14(12)6-11/h4-9H,1-3H3,(H,18,19). The zero-order valence-corrected chi connectivity index (χ0v) is 12.5. The van der Waals surface area contributed by atoms with Crippen LogP contribution in [-0.2, 0) is 5.41 Å². The lowest BCUT2D eigenvalue weighted by Gasteiger charge is -2.19. The fraction of sp³-hybridized carbons (Fsp3) is 0.250. The number of pyridine rings is 1. The van der Waals surface area contributed by atoms with Crippen molar-refractivity contribution in [1.82, 2.24) is 15.2 Å². The van der Waals surface area contributed by atoms with Gasteiger partial charge in [-0.2, -0.15) is 5.10 Å². The molecule has 0 bridgehead atoms. The molecule has 2 aromatic heterocycles. The zero-order chi connectivity index (χ0) is 14.3. The van der Waals surface area contributed by atoms with Crippen molar-refractivity contribution in [2.75, 3.05) is 0 Å². The van der Waals surface area contributed by atoms with Gasteiger partial charge in [-0.3, -0.25) is 5.10 Å². The molecule has 1 aromatic carbocycles. The average molecular weight is 286 g/mol. The predicted octanol–water partition coefficient (Wildman–Crippen LogP) is 4.58. The largest absolute Gasteiger partial charge is 0.285 e. The molecule has 0 unspecified atom stereocenters. The molecule has 0 atom stereocenters. The quantitative estimate of drug-likeness (QED) is 0.665. The van der Waals surface area contributed by atoms with E-state index in [0.29, 0.717) is 5.15 Å². The number of halogens is 1. The van der Waals surface area contributed by atoms with Crippen molar-refractivity contribution in [2.24, 2.45) is 0 Å². The maximum absolute atomic E-state index is 6.17. The molecule has 0 spiro atoms. The van der Waals surface area contributed by atoms with Crippen molar-refractivity contribution in [3.8, 4) is 11.1 Å². The number of hydrogen-bond acceptors (Lipinski definition) is 2. The molecule has 0 radical (unpaired) electrons. The molecule has 0 aliphatic carbocycles. The number of aromatic nitrogens is 3. The van der Waals surface area contributed by atoms with Crippen LogP contribution in [0.25, 0.3) is 22.0 Å². The highest BCUT2D eigenvalue weighted by molar-refractivity contribution is 6.30. The van der Waals surface area contributed by atoms with Crippen molar-refractivity contribution in [2.45, 2.75) is 26.2 Å². The Morgan fingerprint density at radius 2 is 1.95 bits per heavy atom. The summed E-state index contributed by atoms with van der Waals surface area (Å²) in [7, 11) is 0. The predicted molar refractivity (Wildman–Crippen MR) is 83.0 cm³/mol. The third-order valence-corrected chi connectivity index (χ3v) is 3.65. The summed E-state index contributed by atoms with van der Waals surface area (Å²) in [5, 5.41) is 8.42. The SMILES string of the molecule is CC(C)(C)c1ccc2c(-c3cn[nH]c3)cc(Cl)nc2c1. The lowest BCUT2D eigenvalue weighted by atomic mass is 9.86. The van der Waals surface area contributed by atoms with E-state index < -0.39 is 0 Å². The Morgan fingerprint density at radius 1 is 1.15 bits per heavy atom. The molecule has 0 saturated heterocycles.